The fraction of sp³-hybridized carbons (Fsp3) is 0.500. The molecule has 2 aromatic heterocycles. The highest BCUT2D eigenvalue weighted by atomic mass is 35.5. The van der Waals surface area contributed by atoms with Gasteiger partial charge in [-0.15, -0.1) is 0 Å². The number of carbonyl (C=O) groups is 1. The highest BCUT2D eigenvalue weighted by molar-refractivity contribution is 6.30. The summed E-state index contributed by atoms with van der Waals surface area (Å²) in [6, 6.07) is 1.61. The maximum Gasteiger partial charge on any atom is 0.292 e. The molecular formula is C14H17ClN4O2. The van der Waals surface area contributed by atoms with E-state index < -0.39 is 0 Å². The van der Waals surface area contributed by atoms with Gasteiger partial charge >= 0.3 is 0 Å². The van der Waals surface area contributed by atoms with Gasteiger partial charge in [0.05, 0.1) is 17.4 Å². The van der Waals surface area contributed by atoms with Crippen LogP contribution in [0.5, 0.6) is 0 Å². The molecule has 3 heterocycles. The average Bonchev–Trinajstić information content (AvgIpc) is 3.11. The van der Waals surface area contributed by atoms with Crippen LogP contribution < -0.4 is 0 Å². The molecule has 0 aliphatic carbocycles. The average molecular weight is 309 g/mol. The van der Waals surface area contributed by atoms with Crippen LogP contribution in [0.2, 0.25) is 5.15 Å². The maximum absolute atomic E-state index is 12.6. The minimum atomic E-state index is -0.141. The van der Waals surface area contributed by atoms with Crippen molar-refractivity contribution in [3.05, 3.63) is 33.9 Å². The van der Waals surface area contributed by atoms with Crippen LogP contribution in [0.15, 0.2) is 10.6 Å². The third kappa shape index (κ3) is 2.33. The third-order valence-electron chi connectivity index (χ3n) is 3.88. The Morgan fingerprint density at radius 1 is 1.48 bits per heavy atom. The molecule has 7 heteroatoms. The van der Waals surface area contributed by atoms with Gasteiger partial charge in [0.1, 0.15) is 5.15 Å². The van der Waals surface area contributed by atoms with E-state index in [1.54, 1.807) is 29.6 Å². The second-order valence-electron chi connectivity index (χ2n) is 5.40. The lowest BCUT2D eigenvalue weighted by Gasteiger charge is -2.23. The van der Waals surface area contributed by atoms with Crippen LogP contribution in [0.1, 0.15) is 46.4 Å². The van der Waals surface area contributed by atoms with E-state index in [0.717, 1.165) is 24.1 Å². The van der Waals surface area contributed by atoms with E-state index in [1.807, 2.05) is 6.92 Å². The van der Waals surface area contributed by atoms with Crippen LogP contribution >= 0.6 is 11.6 Å². The third-order valence-corrected chi connectivity index (χ3v) is 4.33. The highest BCUT2D eigenvalue weighted by Crippen LogP contribution is 2.38. The van der Waals surface area contributed by atoms with E-state index >= 15 is 0 Å². The Bertz CT molecular complexity index is 691. The number of amides is 1. The number of rotatable bonds is 2. The molecule has 1 fully saturated rings. The minimum absolute atomic E-state index is 0.0518. The number of likely N-dealkylation sites (tertiary alicyclic amines) is 1. The number of hydrogen-bond donors (Lipinski definition) is 0. The van der Waals surface area contributed by atoms with Crippen LogP contribution in [-0.2, 0) is 7.05 Å². The maximum atomic E-state index is 12.6. The lowest BCUT2D eigenvalue weighted by molar-refractivity contribution is 0.0693. The Morgan fingerprint density at radius 2 is 2.24 bits per heavy atom. The molecule has 1 saturated heterocycles. The van der Waals surface area contributed by atoms with Gasteiger partial charge in [0.25, 0.3) is 5.91 Å². The summed E-state index contributed by atoms with van der Waals surface area (Å²) < 4.78 is 6.74. The number of carbonyl (C=O) groups excluding carboxylic acids is 1. The number of halogens is 1. The van der Waals surface area contributed by atoms with Crippen molar-refractivity contribution < 1.29 is 9.32 Å². The van der Waals surface area contributed by atoms with Crippen LogP contribution in [0.4, 0.5) is 0 Å². The molecule has 1 unspecified atom stereocenters. The molecule has 112 valence electrons. The molecule has 1 amide bonds. The summed E-state index contributed by atoms with van der Waals surface area (Å²) in [6.45, 7) is 4.40. The van der Waals surface area contributed by atoms with Crippen molar-refractivity contribution in [1.82, 2.24) is 19.8 Å². The van der Waals surface area contributed by atoms with E-state index in [9.17, 15) is 4.79 Å². The van der Waals surface area contributed by atoms with Gasteiger partial charge in [0.15, 0.2) is 0 Å². The molecule has 2 aromatic rings. The summed E-state index contributed by atoms with van der Waals surface area (Å²) in [5.41, 5.74) is 2.49. The number of nitrogens with zero attached hydrogens (tertiary/aromatic N) is 4. The SMILES string of the molecule is Cc1cc(C(=O)N2CCCC2c2c(C)nn(C)c2Cl)on1. The van der Waals surface area contributed by atoms with Gasteiger partial charge in [0, 0.05) is 25.2 Å². The van der Waals surface area contributed by atoms with Crippen molar-refractivity contribution in [2.75, 3.05) is 6.54 Å². The van der Waals surface area contributed by atoms with Crippen LogP contribution in [-0.4, -0.2) is 32.3 Å². The van der Waals surface area contributed by atoms with E-state index in [1.165, 1.54) is 0 Å². The Kier molecular flexibility index (Phi) is 3.49. The summed E-state index contributed by atoms with van der Waals surface area (Å²) >= 11 is 6.34. The summed E-state index contributed by atoms with van der Waals surface area (Å²) in [6.07, 6.45) is 1.82. The van der Waals surface area contributed by atoms with Crippen molar-refractivity contribution in [3.8, 4) is 0 Å². The van der Waals surface area contributed by atoms with E-state index in [4.69, 9.17) is 16.1 Å². The molecule has 6 nitrogen and oxygen atoms in total. The molecule has 0 N–H and O–H groups in total. The second-order valence-corrected chi connectivity index (χ2v) is 5.76. The first kappa shape index (κ1) is 14.1. The predicted molar refractivity (Wildman–Crippen MR) is 77.2 cm³/mol. The molecule has 1 atom stereocenters. The number of aromatic nitrogens is 3. The van der Waals surface area contributed by atoms with Crippen molar-refractivity contribution >= 4 is 17.5 Å². The summed E-state index contributed by atoms with van der Waals surface area (Å²) in [5.74, 6) is 0.134. The van der Waals surface area contributed by atoms with E-state index in [-0.39, 0.29) is 17.7 Å². The number of hydrogen-bond acceptors (Lipinski definition) is 4. The Hall–Kier alpha value is -1.82. The predicted octanol–water partition coefficient (Wildman–Crippen LogP) is 2.66. The zero-order valence-corrected chi connectivity index (χ0v) is 13.0. The fourth-order valence-electron chi connectivity index (χ4n) is 2.94. The molecule has 1 aliphatic heterocycles. The highest BCUT2D eigenvalue weighted by Gasteiger charge is 2.35. The van der Waals surface area contributed by atoms with Gasteiger partial charge in [-0.05, 0) is 26.7 Å². The zero-order valence-electron chi connectivity index (χ0n) is 12.3. The standard InChI is InChI=1S/C14H17ClN4O2/c1-8-7-11(21-17-8)14(20)19-6-4-5-10(19)12-9(2)16-18(3)13(12)15/h7,10H,4-6H2,1-3H3. The smallest absolute Gasteiger partial charge is 0.292 e. The monoisotopic (exact) mass is 308 g/mol. The molecule has 0 radical (unpaired) electrons. The fourth-order valence-corrected chi connectivity index (χ4v) is 3.24. The molecule has 3 rings (SSSR count). The second kappa shape index (κ2) is 5.18. The summed E-state index contributed by atoms with van der Waals surface area (Å²) in [7, 11) is 1.81. The van der Waals surface area contributed by atoms with Crippen LogP contribution in [0.25, 0.3) is 0 Å². The topological polar surface area (TPSA) is 64.2 Å². The van der Waals surface area contributed by atoms with Gasteiger partial charge in [-0.1, -0.05) is 16.8 Å². The molecule has 0 spiro atoms. The lowest BCUT2D eigenvalue weighted by atomic mass is 10.1. The molecule has 1 aliphatic rings. The molecule has 21 heavy (non-hydrogen) atoms. The Labute approximate surface area is 127 Å². The van der Waals surface area contributed by atoms with Crippen LogP contribution in [0.3, 0.4) is 0 Å². The lowest BCUT2D eigenvalue weighted by Crippen LogP contribution is -2.30. The quantitative estimate of drug-likeness (QED) is 0.855. The van der Waals surface area contributed by atoms with E-state index in [2.05, 4.69) is 10.3 Å². The van der Waals surface area contributed by atoms with Crippen molar-refractivity contribution in [2.24, 2.45) is 7.05 Å². The van der Waals surface area contributed by atoms with Gasteiger partial charge in [-0.2, -0.15) is 5.10 Å². The molecule has 0 bridgehead atoms. The largest absolute Gasteiger partial charge is 0.351 e. The van der Waals surface area contributed by atoms with Crippen LogP contribution in [0, 0.1) is 13.8 Å². The Balaban J connectivity index is 1.94. The van der Waals surface area contributed by atoms with Gasteiger partial charge < -0.3 is 9.42 Å². The minimum Gasteiger partial charge on any atom is -0.351 e. The molecule has 0 aromatic carbocycles. The van der Waals surface area contributed by atoms with Crippen molar-refractivity contribution in [2.45, 2.75) is 32.7 Å². The van der Waals surface area contributed by atoms with Gasteiger partial charge in [0.2, 0.25) is 5.76 Å². The van der Waals surface area contributed by atoms with Gasteiger partial charge in [-0.25, -0.2) is 0 Å². The van der Waals surface area contributed by atoms with E-state index in [0.29, 0.717) is 17.4 Å². The normalized spacial score (nSPS) is 18.5. The first-order valence-electron chi connectivity index (χ1n) is 6.92. The number of aryl methyl sites for hydroxylation is 3. The zero-order chi connectivity index (χ0) is 15.1. The van der Waals surface area contributed by atoms with Gasteiger partial charge in [-0.3, -0.25) is 9.48 Å². The summed E-state index contributed by atoms with van der Waals surface area (Å²) in [4.78, 5) is 14.4. The van der Waals surface area contributed by atoms with Crippen molar-refractivity contribution in [1.29, 1.82) is 0 Å². The molecular weight excluding hydrogens is 292 g/mol. The first-order valence-corrected chi connectivity index (χ1v) is 7.30. The first-order chi connectivity index (χ1) is 9.99. The summed E-state index contributed by atoms with van der Waals surface area (Å²) in [5, 5.41) is 8.71. The Morgan fingerprint density at radius 3 is 2.81 bits per heavy atom. The molecule has 0 saturated carbocycles. The van der Waals surface area contributed by atoms with Crippen molar-refractivity contribution in [3.63, 3.8) is 0 Å².